The van der Waals surface area contributed by atoms with Crippen LogP contribution in [0, 0.1) is 0 Å². The first-order valence-electron chi connectivity index (χ1n) is 13.1. The molecule has 2 atom stereocenters. The highest BCUT2D eigenvalue weighted by molar-refractivity contribution is 5.63. The third kappa shape index (κ3) is 27.3. The second-order valence-corrected chi connectivity index (χ2v) is 9.84. The fraction of sp³-hybridized carbons (Fsp3) is 0.962. The molecule has 0 saturated carbocycles. The van der Waals surface area contributed by atoms with Crippen molar-refractivity contribution in [3.05, 3.63) is 0 Å². The maximum Gasteiger partial charge on any atom is 0.105 e. The molecule has 0 aliphatic heterocycles. The normalized spacial score (nSPS) is 13.4. The third-order valence-electron chi connectivity index (χ3n) is 5.68. The summed E-state index contributed by atoms with van der Waals surface area (Å²) >= 11 is 0. The monoisotopic (exact) mass is 445 g/mol. The minimum atomic E-state index is -0.920. The number of hydrogen-bond acceptors (Lipinski definition) is 4. The fourth-order valence-corrected chi connectivity index (χ4v) is 3.88. The van der Waals surface area contributed by atoms with Crippen LogP contribution in [0.5, 0.6) is 0 Å². The zero-order chi connectivity index (χ0) is 24.0. The number of carbonyl (C=O) groups is 1. The first-order chi connectivity index (χ1) is 14.7. The molecule has 2 N–H and O–H groups in total. The van der Waals surface area contributed by atoms with Crippen LogP contribution in [0.2, 0.25) is 0 Å². The number of quaternary nitrogens is 1. The highest BCUT2D eigenvalue weighted by Gasteiger charge is 2.23. The Labute approximate surface area is 193 Å². The van der Waals surface area contributed by atoms with Crippen LogP contribution in [-0.2, 0) is 4.79 Å². The van der Waals surface area contributed by atoms with Crippen LogP contribution in [0.4, 0.5) is 0 Å². The lowest BCUT2D eigenvalue weighted by Gasteiger charge is -2.33. The first-order valence-corrected chi connectivity index (χ1v) is 13.1. The molecule has 0 aromatic heterocycles. The number of rotatable bonds is 20. The average molecular weight is 446 g/mol. The van der Waals surface area contributed by atoms with Gasteiger partial charge < -0.3 is 24.6 Å². The molecule has 0 aromatic rings. The van der Waals surface area contributed by atoms with Crippen molar-refractivity contribution in [3.63, 3.8) is 0 Å². The molecule has 0 amide bonds. The number of unbranched alkanes of at least 4 members (excludes halogenated alkanes) is 10. The average Bonchev–Trinajstić information content (AvgIpc) is 2.68. The number of carboxylic acid groups (broad SMARTS) is 1. The number of aliphatic hydroxyl groups is 2. The minimum Gasteiger partial charge on any atom is -0.550 e. The molecular formula is C26H55NO4. The van der Waals surface area contributed by atoms with E-state index < -0.39 is 5.97 Å². The van der Waals surface area contributed by atoms with E-state index in [4.69, 9.17) is 0 Å². The molecule has 0 rings (SSSR count). The van der Waals surface area contributed by atoms with Gasteiger partial charge in [-0.2, -0.15) is 0 Å². The zero-order valence-corrected chi connectivity index (χ0v) is 21.5. The molecule has 0 heterocycles. The number of carboxylic acids is 1. The molecule has 0 bridgehead atoms. The molecule has 188 valence electrons. The molecule has 0 aliphatic rings. The van der Waals surface area contributed by atoms with E-state index in [-0.39, 0.29) is 18.6 Å². The van der Waals surface area contributed by atoms with Gasteiger partial charge in [0.2, 0.25) is 0 Å². The summed E-state index contributed by atoms with van der Waals surface area (Å²) < 4.78 is 0.712. The molecule has 5 nitrogen and oxygen atoms in total. The SMILES string of the molecule is CCCCCCC(O)C[N+](C)(C)CC(O)CCCCCC.CCCCCCCC(=O)[O-]. The summed E-state index contributed by atoms with van der Waals surface area (Å²) in [6.45, 7) is 8.05. The summed E-state index contributed by atoms with van der Waals surface area (Å²) in [7, 11) is 4.23. The summed E-state index contributed by atoms with van der Waals surface area (Å²) in [5.74, 6) is -0.920. The van der Waals surface area contributed by atoms with E-state index in [2.05, 4.69) is 34.9 Å². The van der Waals surface area contributed by atoms with Gasteiger partial charge in [0, 0.05) is 5.97 Å². The fourth-order valence-electron chi connectivity index (χ4n) is 3.88. The smallest absolute Gasteiger partial charge is 0.105 e. The van der Waals surface area contributed by atoms with Gasteiger partial charge in [-0.15, -0.1) is 0 Å². The Morgan fingerprint density at radius 2 is 1.03 bits per heavy atom. The van der Waals surface area contributed by atoms with Crippen molar-refractivity contribution in [2.45, 2.75) is 136 Å². The van der Waals surface area contributed by atoms with Crippen molar-refractivity contribution >= 4 is 5.97 Å². The zero-order valence-electron chi connectivity index (χ0n) is 21.5. The van der Waals surface area contributed by atoms with Gasteiger partial charge in [-0.25, -0.2) is 0 Å². The van der Waals surface area contributed by atoms with E-state index in [1.165, 1.54) is 51.4 Å². The van der Waals surface area contributed by atoms with E-state index in [0.29, 0.717) is 4.48 Å². The lowest BCUT2D eigenvalue weighted by molar-refractivity contribution is -0.896. The van der Waals surface area contributed by atoms with Gasteiger partial charge in [0.05, 0.1) is 14.1 Å². The Kier molecular flexibility index (Phi) is 23.7. The van der Waals surface area contributed by atoms with Crippen molar-refractivity contribution in [1.29, 1.82) is 0 Å². The Bertz CT molecular complexity index is 366. The Balaban J connectivity index is 0. The largest absolute Gasteiger partial charge is 0.550 e. The number of hydrogen-bond donors (Lipinski definition) is 2. The Morgan fingerprint density at radius 3 is 1.39 bits per heavy atom. The molecule has 2 unspecified atom stereocenters. The van der Waals surface area contributed by atoms with Crippen molar-refractivity contribution in [2.24, 2.45) is 0 Å². The molecule has 31 heavy (non-hydrogen) atoms. The predicted octanol–water partition coefficient (Wildman–Crippen LogP) is 4.82. The molecule has 0 aliphatic carbocycles. The van der Waals surface area contributed by atoms with Crippen LogP contribution in [0.1, 0.15) is 124 Å². The second-order valence-electron chi connectivity index (χ2n) is 9.84. The number of aliphatic carboxylic acids is 1. The van der Waals surface area contributed by atoms with Crippen LogP contribution < -0.4 is 5.11 Å². The molecule has 0 fully saturated rings. The number of likely N-dealkylation sites (N-methyl/N-ethyl adjacent to an activating group) is 1. The van der Waals surface area contributed by atoms with Crippen molar-refractivity contribution in [1.82, 2.24) is 0 Å². The molecule has 0 radical (unpaired) electrons. The molecule has 5 heteroatoms. The van der Waals surface area contributed by atoms with Gasteiger partial charge in [-0.05, 0) is 25.7 Å². The summed E-state index contributed by atoms with van der Waals surface area (Å²) in [5.41, 5.74) is 0. The van der Waals surface area contributed by atoms with Crippen LogP contribution in [0.25, 0.3) is 0 Å². The van der Waals surface area contributed by atoms with E-state index in [1.54, 1.807) is 0 Å². The van der Waals surface area contributed by atoms with Gasteiger partial charge in [0.15, 0.2) is 0 Å². The highest BCUT2D eigenvalue weighted by Crippen LogP contribution is 2.12. The minimum absolute atomic E-state index is 0.226. The topological polar surface area (TPSA) is 80.6 Å². The maximum absolute atomic E-state index is 10.1. The summed E-state index contributed by atoms with van der Waals surface area (Å²) in [4.78, 5) is 9.92. The van der Waals surface area contributed by atoms with E-state index >= 15 is 0 Å². The molecule has 0 spiro atoms. The number of nitrogens with zero attached hydrogens (tertiary/aromatic N) is 1. The van der Waals surface area contributed by atoms with Crippen LogP contribution in [0.3, 0.4) is 0 Å². The van der Waals surface area contributed by atoms with E-state index in [9.17, 15) is 20.1 Å². The van der Waals surface area contributed by atoms with Gasteiger partial charge in [0.1, 0.15) is 25.3 Å². The molecule has 0 aromatic carbocycles. The molecular weight excluding hydrogens is 390 g/mol. The molecule has 0 saturated heterocycles. The van der Waals surface area contributed by atoms with Crippen molar-refractivity contribution in [2.75, 3.05) is 27.2 Å². The van der Waals surface area contributed by atoms with Crippen LogP contribution >= 0.6 is 0 Å². The Hall–Kier alpha value is -0.650. The third-order valence-corrected chi connectivity index (χ3v) is 5.68. The van der Waals surface area contributed by atoms with Gasteiger partial charge >= 0.3 is 0 Å². The maximum atomic E-state index is 10.1. The van der Waals surface area contributed by atoms with E-state index in [1.807, 2.05) is 0 Å². The first kappa shape index (κ1) is 32.5. The second kappa shape index (κ2) is 22.5. The number of aliphatic hydroxyl groups excluding tert-OH is 2. The van der Waals surface area contributed by atoms with Gasteiger partial charge in [0.25, 0.3) is 0 Å². The van der Waals surface area contributed by atoms with Crippen LogP contribution in [-0.4, -0.2) is 60.1 Å². The lowest BCUT2D eigenvalue weighted by Crippen LogP contribution is -2.49. The summed E-state index contributed by atoms with van der Waals surface area (Å²) in [6, 6.07) is 0. The van der Waals surface area contributed by atoms with E-state index in [0.717, 1.165) is 58.0 Å². The quantitative estimate of drug-likeness (QED) is 0.208. The lowest BCUT2D eigenvalue weighted by atomic mass is 10.1. The highest BCUT2D eigenvalue weighted by atomic mass is 16.4. The summed E-state index contributed by atoms with van der Waals surface area (Å²) in [6.07, 6.45) is 16.6. The van der Waals surface area contributed by atoms with Gasteiger partial charge in [-0.1, -0.05) is 97.8 Å². The standard InChI is InChI=1S/C18H40NO2.C8H16O2/c1-5-7-9-11-13-17(20)15-19(3,4)16-18(21)14-12-10-8-6-2;1-2-3-4-5-6-7-8(9)10/h17-18,20-21H,5-16H2,1-4H3;2-7H2,1H3,(H,9,10)/q+1;/p-1. The van der Waals surface area contributed by atoms with Crippen molar-refractivity contribution in [3.8, 4) is 0 Å². The van der Waals surface area contributed by atoms with Crippen LogP contribution in [0.15, 0.2) is 0 Å². The Morgan fingerprint density at radius 1 is 0.677 bits per heavy atom. The summed E-state index contributed by atoms with van der Waals surface area (Å²) in [5, 5.41) is 30.2. The van der Waals surface area contributed by atoms with Crippen molar-refractivity contribution < 1.29 is 24.6 Å². The number of carbonyl (C=O) groups excluding carboxylic acids is 1. The van der Waals surface area contributed by atoms with Gasteiger partial charge in [-0.3, -0.25) is 0 Å². The predicted molar refractivity (Wildman–Crippen MR) is 130 cm³/mol.